The number of rotatable bonds is 13. The van der Waals surface area contributed by atoms with E-state index in [4.69, 9.17) is 14.6 Å². The molecule has 8 nitrogen and oxygen atoms in total. The van der Waals surface area contributed by atoms with Gasteiger partial charge >= 0.3 is 5.97 Å². The number of carbonyl (C=O) groups excluding carboxylic acids is 1. The van der Waals surface area contributed by atoms with Crippen molar-refractivity contribution in [3.8, 4) is 0 Å². The normalized spacial score (nSPS) is 18.9. The first-order chi connectivity index (χ1) is 19.4. The van der Waals surface area contributed by atoms with Gasteiger partial charge < -0.3 is 25.0 Å². The smallest absolute Gasteiger partial charge is 0.303 e. The number of carboxylic acids is 1. The number of nitrogens with zero attached hydrogens (tertiary/aromatic N) is 1. The van der Waals surface area contributed by atoms with Crippen LogP contribution in [0.15, 0.2) is 78.9 Å². The molecule has 1 heterocycles. The van der Waals surface area contributed by atoms with Gasteiger partial charge in [-0.25, -0.2) is 0 Å². The van der Waals surface area contributed by atoms with Crippen LogP contribution >= 0.6 is 0 Å². The van der Waals surface area contributed by atoms with E-state index in [-0.39, 0.29) is 37.6 Å². The van der Waals surface area contributed by atoms with E-state index in [1.807, 2.05) is 66.7 Å². The number of likely N-dealkylation sites (N-methyl/N-ethyl adjacent to an activating group) is 1. The summed E-state index contributed by atoms with van der Waals surface area (Å²) in [5, 5.41) is 21.1. The van der Waals surface area contributed by atoms with Crippen molar-refractivity contribution in [3.05, 3.63) is 101 Å². The highest BCUT2D eigenvalue weighted by molar-refractivity contribution is 5.90. The van der Waals surface area contributed by atoms with Crippen molar-refractivity contribution < 1.29 is 29.3 Å². The number of benzene rings is 3. The summed E-state index contributed by atoms with van der Waals surface area (Å²) >= 11 is 0. The lowest BCUT2D eigenvalue weighted by Crippen LogP contribution is -2.37. The molecule has 1 amide bonds. The Hall–Kier alpha value is -3.56. The number of anilines is 1. The van der Waals surface area contributed by atoms with Crippen molar-refractivity contribution in [1.29, 1.82) is 0 Å². The van der Waals surface area contributed by atoms with Gasteiger partial charge in [-0.2, -0.15) is 0 Å². The van der Waals surface area contributed by atoms with E-state index in [0.29, 0.717) is 31.5 Å². The van der Waals surface area contributed by atoms with Gasteiger partial charge in [-0.1, -0.05) is 66.7 Å². The van der Waals surface area contributed by atoms with E-state index in [9.17, 15) is 14.7 Å². The number of carbonyl (C=O) groups is 2. The van der Waals surface area contributed by atoms with Gasteiger partial charge in [0.25, 0.3) is 0 Å². The third-order valence-electron chi connectivity index (χ3n) is 6.91. The molecule has 212 valence electrons. The van der Waals surface area contributed by atoms with Crippen LogP contribution in [0.5, 0.6) is 0 Å². The molecule has 0 spiro atoms. The number of hydrogen-bond acceptors (Lipinski definition) is 6. The number of aliphatic hydroxyl groups excluding tert-OH is 1. The average Bonchev–Trinajstić information content (AvgIpc) is 2.96. The summed E-state index contributed by atoms with van der Waals surface area (Å²) in [5.41, 5.74) is 4.54. The fourth-order valence-corrected chi connectivity index (χ4v) is 4.89. The number of aliphatic hydroxyl groups is 1. The Morgan fingerprint density at radius 1 is 0.900 bits per heavy atom. The molecule has 1 saturated heterocycles. The summed E-state index contributed by atoms with van der Waals surface area (Å²) in [7, 11) is 2.08. The minimum absolute atomic E-state index is 0.0114. The molecule has 0 bridgehead atoms. The van der Waals surface area contributed by atoms with Crippen molar-refractivity contribution >= 4 is 17.6 Å². The van der Waals surface area contributed by atoms with E-state index in [2.05, 4.69) is 29.4 Å². The van der Waals surface area contributed by atoms with E-state index in [0.717, 1.165) is 23.2 Å². The minimum atomic E-state index is -0.854. The predicted molar refractivity (Wildman–Crippen MR) is 152 cm³/mol. The van der Waals surface area contributed by atoms with Gasteiger partial charge in [-0.05, 0) is 48.7 Å². The quantitative estimate of drug-likeness (QED) is 0.245. The number of nitrogens with one attached hydrogen (secondary N) is 1. The Balaban J connectivity index is 1.46. The molecule has 3 unspecified atom stereocenters. The maximum Gasteiger partial charge on any atom is 0.303 e. The van der Waals surface area contributed by atoms with Gasteiger partial charge in [0.05, 0.1) is 18.8 Å². The van der Waals surface area contributed by atoms with E-state index in [1.165, 1.54) is 5.56 Å². The number of hydrogen-bond donors (Lipinski definition) is 3. The molecule has 0 aromatic heterocycles. The van der Waals surface area contributed by atoms with Crippen LogP contribution in [0.4, 0.5) is 5.69 Å². The maximum atomic E-state index is 12.4. The Bertz CT molecular complexity index is 1230. The van der Waals surface area contributed by atoms with Crippen LogP contribution in [-0.2, 0) is 32.2 Å². The first-order valence-electron chi connectivity index (χ1n) is 13.7. The molecule has 3 aromatic rings. The van der Waals surface area contributed by atoms with Crippen molar-refractivity contribution in [2.45, 2.75) is 63.8 Å². The molecule has 8 heteroatoms. The average molecular weight is 547 g/mol. The Morgan fingerprint density at radius 3 is 2.38 bits per heavy atom. The maximum absolute atomic E-state index is 12.4. The third-order valence-corrected chi connectivity index (χ3v) is 6.91. The molecule has 3 N–H and O–H groups in total. The highest BCUT2D eigenvalue weighted by Crippen LogP contribution is 2.38. The zero-order chi connectivity index (χ0) is 28.3. The standard InChI is InChI=1S/C32H38N2O6/c1-34(20-23-8-3-2-4-9-23)21-28-19-29(25-16-14-24(22-35)15-17-25)40-32(39-28)26-10-7-11-27(18-26)33-30(36)12-5-6-13-31(37)38/h2-4,7-11,14-18,28-29,32,35H,5-6,12-13,19-22H2,1H3,(H,33,36)(H,37,38). The molecule has 0 aliphatic carbocycles. The van der Waals surface area contributed by atoms with Crippen molar-refractivity contribution in [2.75, 3.05) is 18.9 Å². The third kappa shape index (κ3) is 8.99. The molecule has 1 aliphatic rings. The molecular formula is C32H38N2O6. The van der Waals surface area contributed by atoms with E-state index in [1.54, 1.807) is 0 Å². The lowest BCUT2D eigenvalue weighted by molar-refractivity contribution is -0.252. The highest BCUT2D eigenvalue weighted by atomic mass is 16.7. The molecule has 3 atom stereocenters. The molecule has 40 heavy (non-hydrogen) atoms. The van der Waals surface area contributed by atoms with Crippen molar-refractivity contribution in [2.24, 2.45) is 0 Å². The molecule has 4 rings (SSSR count). The highest BCUT2D eigenvalue weighted by Gasteiger charge is 2.33. The summed E-state index contributed by atoms with van der Waals surface area (Å²) in [6, 6.07) is 25.6. The summed E-state index contributed by atoms with van der Waals surface area (Å²) < 4.78 is 12.9. The molecule has 0 saturated carbocycles. The van der Waals surface area contributed by atoms with Gasteiger partial charge in [-0.3, -0.25) is 14.5 Å². The molecule has 3 aromatic carbocycles. The molecule has 1 fully saturated rings. The molecule has 1 aliphatic heterocycles. The molecule has 0 radical (unpaired) electrons. The largest absolute Gasteiger partial charge is 0.481 e. The van der Waals surface area contributed by atoms with Crippen molar-refractivity contribution in [3.63, 3.8) is 0 Å². The van der Waals surface area contributed by atoms with E-state index < -0.39 is 12.3 Å². The lowest BCUT2D eigenvalue weighted by Gasteiger charge is -2.38. The zero-order valence-corrected chi connectivity index (χ0v) is 22.9. The Morgan fingerprint density at radius 2 is 1.65 bits per heavy atom. The number of aliphatic carboxylic acids is 1. The van der Waals surface area contributed by atoms with Crippen LogP contribution in [0.1, 0.15) is 66.8 Å². The summed E-state index contributed by atoms with van der Waals surface area (Å²) in [4.78, 5) is 25.4. The predicted octanol–water partition coefficient (Wildman–Crippen LogP) is 5.44. The molecular weight excluding hydrogens is 508 g/mol. The van der Waals surface area contributed by atoms with Crippen LogP contribution in [-0.4, -0.2) is 46.7 Å². The van der Waals surface area contributed by atoms with Gasteiger partial charge in [0.1, 0.15) is 0 Å². The van der Waals surface area contributed by atoms with Gasteiger partial charge in [0, 0.05) is 43.6 Å². The second kappa shape index (κ2) is 14.7. The second-order valence-corrected chi connectivity index (χ2v) is 10.3. The number of amides is 1. The first kappa shape index (κ1) is 29.4. The fraction of sp³-hybridized carbons (Fsp3) is 0.375. The lowest BCUT2D eigenvalue weighted by atomic mass is 9.99. The Labute approximate surface area is 235 Å². The van der Waals surface area contributed by atoms with Crippen LogP contribution < -0.4 is 5.32 Å². The SMILES string of the molecule is CN(Cc1ccccc1)CC1CC(c2ccc(CO)cc2)OC(c2cccc(NC(=O)CCCCC(=O)O)c2)O1. The summed E-state index contributed by atoms with van der Waals surface area (Å²) in [6.45, 7) is 1.51. The number of unbranched alkanes of at least 4 members (excludes halogenated alkanes) is 1. The number of carboxylic acid groups (broad SMARTS) is 1. The van der Waals surface area contributed by atoms with Crippen LogP contribution in [0.3, 0.4) is 0 Å². The van der Waals surface area contributed by atoms with Gasteiger partial charge in [0.2, 0.25) is 5.91 Å². The van der Waals surface area contributed by atoms with Crippen LogP contribution in [0, 0.1) is 0 Å². The van der Waals surface area contributed by atoms with E-state index >= 15 is 0 Å². The summed E-state index contributed by atoms with van der Waals surface area (Å²) in [5.74, 6) is -1.01. The topological polar surface area (TPSA) is 108 Å². The first-order valence-corrected chi connectivity index (χ1v) is 13.7. The zero-order valence-electron chi connectivity index (χ0n) is 22.9. The Kier molecular flexibility index (Phi) is 10.8. The second-order valence-electron chi connectivity index (χ2n) is 10.3. The van der Waals surface area contributed by atoms with Crippen molar-refractivity contribution in [1.82, 2.24) is 4.90 Å². The van der Waals surface area contributed by atoms with Crippen LogP contribution in [0.2, 0.25) is 0 Å². The monoisotopic (exact) mass is 546 g/mol. The van der Waals surface area contributed by atoms with Crippen LogP contribution in [0.25, 0.3) is 0 Å². The number of ether oxygens (including phenoxy) is 2. The fourth-order valence-electron chi connectivity index (χ4n) is 4.89. The minimum Gasteiger partial charge on any atom is -0.481 e. The summed E-state index contributed by atoms with van der Waals surface area (Å²) in [6.07, 6.45) is 1.06. The van der Waals surface area contributed by atoms with Gasteiger partial charge in [0.15, 0.2) is 6.29 Å². The van der Waals surface area contributed by atoms with Gasteiger partial charge in [-0.15, -0.1) is 0 Å².